The van der Waals surface area contributed by atoms with Crippen molar-refractivity contribution in [2.75, 3.05) is 44.2 Å². The van der Waals surface area contributed by atoms with E-state index in [-0.39, 0.29) is 5.78 Å². The fraction of sp³-hybridized carbons (Fsp3) is 0.364. The molecule has 0 saturated carbocycles. The van der Waals surface area contributed by atoms with Crippen LogP contribution in [0.4, 0.5) is 5.69 Å². The molecular formula is C22H25N3O2S. The first-order chi connectivity index (χ1) is 13.7. The van der Waals surface area contributed by atoms with E-state index in [9.17, 15) is 4.79 Å². The van der Waals surface area contributed by atoms with Crippen molar-refractivity contribution in [2.45, 2.75) is 13.3 Å². The highest BCUT2D eigenvalue weighted by Gasteiger charge is 2.19. The van der Waals surface area contributed by atoms with E-state index in [1.54, 1.807) is 18.3 Å². The van der Waals surface area contributed by atoms with Gasteiger partial charge in [0.2, 0.25) is 0 Å². The van der Waals surface area contributed by atoms with Crippen LogP contribution >= 0.6 is 11.3 Å². The van der Waals surface area contributed by atoms with Crippen molar-refractivity contribution >= 4 is 33.0 Å². The summed E-state index contributed by atoms with van der Waals surface area (Å²) in [5.41, 5.74) is 3.13. The fourth-order valence-corrected chi connectivity index (χ4v) is 4.48. The van der Waals surface area contributed by atoms with Gasteiger partial charge in [-0.15, -0.1) is 11.3 Å². The lowest BCUT2D eigenvalue weighted by Gasteiger charge is -2.35. The van der Waals surface area contributed by atoms with Crippen LogP contribution in [0.5, 0.6) is 5.75 Å². The first kappa shape index (κ1) is 18.9. The monoisotopic (exact) mass is 395 g/mol. The van der Waals surface area contributed by atoms with Crippen LogP contribution in [-0.4, -0.2) is 55.0 Å². The zero-order valence-electron chi connectivity index (χ0n) is 16.1. The second kappa shape index (κ2) is 8.71. The van der Waals surface area contributed by atoms with Crippen LogP contribution in [0.2, 0.25) is 0 Å². The largest absolute Gasteiger partial charge is 0.494 e. The van der Waals surface area contributed by atoms with Gasteiger partial charge in [0.25, 0.3) is 0 Å². The predicted octanol–water partition coefficient (Wildman–Crippen LogP) is 4.09. The molecule has 0 amide bonds. The van der Waals surface area contributed by atoms with Crippen molar-refractivity contribution in [1.29, 1.82) is 0 Å². The molecule has 28 heavy (non-hydrogen) atoms. The molecule has 3 heterocycles. The minimum Gasteiger partial charge on any atom is -0.494 e. The molecule has 1 aromatic carbocycles. The van der Waals surface area contributed by atoms with Crippen LogP contribution in [0.25, 0.3) is 10.2 Å². The van der Waals surface area contributed by atoms with E-state index in [1.807, 2.05) is 36.5 Å². The molecule has 1 fully saturated rings. The average Bonchev–Trinajstić information content (AvgIpc) is 3.16. The molecule has 1 aliphatic rings. The molecule has 0 radical (unpaired) electrons. The number of rotatable bonds is 7. The van der Waals surface area contributed by atoms with Gasteiger partial charge >= 0.3 is 0 Å². The number of Topliss-reactive ketones (excluding diaryl/α,β-unsaturated/α-hetero) is 1. The van der Waals surface area contributed by atoms with Gasteiger partial charge in [-0.25, -0.2) is 0 Å². The SMILES string of the molecule is CC(=O)c1ccc(OCCCN2CCN(c3csc4cccnc34)CC2)cc1. The molecule has 0 aliphatic carbocycles. The van der Waals surface area contributed by atoms with E-state index < -0.39 is 0 Å². The summed E-state index contributed by atoms with van der Waals surface area (Å²) in [6.07, 6.45) is 2.87. The molecule has 0 atom stereocenters. The number of hydrogen-bond donors (Lipinski definition) is 0. The van der Waals surface area contributed by atoms with E-state index in [1.165, 1.54) is 10.4 Å². The first-order valence-electron chi connectivity index (χ1n) is 9.74. The maximum absolute atomic E-state index is 11.3. The van der Waals surface area contributed by atoms with Gasteiger partial charge in [-0.3, -0.25) is 14.7 Å². The van der Waals surface area contributed by atoms with Crippen molar-refractivity contribution in [3.05, 3.63) is 53.5 Å². The Labute approximate surface area is 169 Å². The summed E-state index contributed by atoms with van der Waals surface area (Å²) in [6, 6.07) is 11.5. The number of carbonyl (C=O) groups excluding carboxylic acids is 1. The lowest BCUT2D eigenvalue weighted by atomic mass is 10.1. The number of nitrogens with zero attached hydrogens (tertiary/aromatic N) is 3. The standard InChI is InChI=1S/C22H25N3O2S/c1-17(26)18-5-7-19(8-6-18)27-15-3-10-24-11-13-25(14-12-24)20-16-28-21-4-2-9-23-22(20)21/h2,4-9,16H,3,10-15H2,1H3. The van der Waals surface area contributed by atoms with Crippen molar-refractivity contribution in [2.24, 2.45) is 0 Å². The van der Waals surface area contributed by atoms with Gasteiger partial charge in [-0.1, -0.05) is 0 Å². The van der Waals surface area contributed by atoms with Gasteiger partial charge in [0.1, 0.15) is 11.3 Å². The Balaban J connectivity index is 1.20. The van der Waals surface area contributed by atoms with Gasteiger partial charge in [0, 0.05) is 49.9 Å². The van der Waals surface area contributed by atoms with Crippen LogP contribution in [0.1, 0.15) is 23.7 Å². The van der Waals surface area contributed by atoms with Gasteiger partial charge in [-0.05, 0) is 49.7 Å². The zero-order valence-corrected chi connectivity index (χ0v) is 17.0. The number of aromatic nitrogens is 1. The molecule has 1 saturated heterocycles. The van der Waals surface area contributed by atoms with E-state index in [2.05, 4.69) is 26.2 Å². The normalized spacial score (nSPS) is 15.1. The predicted molar refractivity (Wildman–Crippen MR) is 115 cm³/mol. The molecule has 6 heteroatoms. The molecule has 4 rings (SSSR count). The minimum absolute atomic E-state index is 0.0805. The highest BCUT2D eigenvalue weighted by Crippen LogP contribution is 2.31. The number of carbonyl (C=O) groups is 1. The number of piperazine rings is 1. The van der Waals surface area contributed by atoms with E-state index in [0.29, 0.717) is 6.61 Å². The van der Waals surface area contributed by atoms with E-state index >= 15 is 0 Å². The van der Waals surface area contributed by atoms with Crippen molar-refractivity contribution in [3.63, 3.8) is 0 Å². The maximum Gasteiger partial charge on any atom is 0.159 e. The van der Waals surface area contributed by atoms with Crippen molar-refractivity contribution < 1.29 is 9.53 Å². The number of ether oxygens (including phenoxy) is 1. The van der Waals surface area contributed by atoms with Gasteiger partial charge in [0.15, 0.2) is 5.78 Å². The quantitative estimate of drug-likeness (QED) is 0.445. The third-order valence-corrected chi connectivity index (χ3v) is 6.10. The molecule has 5 nitrogen and oxygen atoms in total. The Bertz CT molecular complexity index is 930. The maximum atomic E-state index is 11.3. The summed E-state index contributed by atoms with van der Waals surface area (Å²) in [5, 5.41) is 2.23. The Morgan fingerprint density at radius 2 is 1.93 bits per heavy atom. The van der Waals surface area contributed by atoms with Crippen LogP contribution < -0.4 is 9.64 Å². The molecule has 2 aromatic heterocycles. The number of fused-ring (bicyclic) bond motifs is 1. The van der Waals surface area contributed by atoms with Crippen LogP contribution in [0, 0.1) is 0 Å². The van der Waals surface area contributed by atoms with E-state index in [0.717, 1.165) is 56.0 Å². The first-order valence-corrected chi connectivity index (χ1v) is 10.6. The van der Waals surface area contributed by atoms with Crippen LogP contribution in [-0.2, 0) is 0 Å². The van der Waals surface area contributed by atoms with Crippen LogP contribution in [0.3, 0.4) is 0 Å². The second-order valence-corrected chi connectivity index (χ2v) is 7.99. The molecule has 0 N–H and O–H groups in total. The Morgan fingerprint density at radius 1 is 1.14 bits per heavy atom. The summed E-state index contributed by atoms with van der Waals surface area (Å²) in [4.78, 5) is 20.8. The van der Waals surface area contributed by atoms with Gasteiger partial charge in [-0.2, -0.15) is 0 Å². The molecule has 1 aliphatic heterocycles. The zero-order chi connectivity index (χ0) is 19.3. The Morgan fingerprint density at radius 3 is 2.68 bits per heavy atom. The molecule has 0 spiro atoms. The summed E-state index contributed by atoms with van der Waals surface area (Å²) in [5.74, 6) is 0.906. The van der Waals surface area contributed by atoms with Gasteiger partial charge in [0.05, 0.1) is 17.0 Å². The topological polar surface area (TPSA) is 45.7 Å². The number of pyridine rings is 1. The lowest BCUT2D eigenvalue weighted by molar-refractivity contribution is 0.101. The van der Waals surface area contributed by atoms with Crippen molar-refractivity contribution in [3.8, 4) is 5.75 Å². The smallest absolute Gasteiger partial charge is 0.159 e. The van der Waals surface area contributed by atoms with Crippen molar-refractivity contribution in [1.82, 2.24) is 9.88 Å². The molecule has 146 valence electrons. The third kappa shape index (κ3) is 4.34. The van der Waals surface area contributed by atoms with Gasteiger partial charge < -0.3 is 9.64 Å². The number of benzene rings is 1. The fourth-order valence-electron chi connectivity index (χ4n) is 3.55. The molecule has 0 bridgehead atoms. The van der Waals surface area contributed by atoms with E-state index in [4.69, 9.17) is 4.74 Å². The minimum atomic E-state index is 0.0805. The highest BCUT2D eigenvalue weighted by molar-refractivity contribution is 7.17. The number of ketones is 1. The third-order valence-electron chi connectivity index (χ3n) is 5.17. The lowest BCUT2D eigenvalue weighted by Crippen LogP contribution is -2.46. The number of thiophene rings is 1. The highest BCUT2D eigenvalue weighted by atomic mass is 32.1. The van der Waals surface area contributed by atoms with Crippen LogP contribution in [0.15, 0.2) is 48.0 Å². The average molecular weight is 396 g/mol. The summed E-state index contributed by atoms with van der Waals surface area (Å²) in [7, 11) is 0. The Hall–Kier alpha value is -2.44. The molecule has 3 aromatic rings. The summed E-state index contributed by atoms with van der Waals surface area (Å²) >= 11 is 1.77. The Kier molecular flexibility index (Phi) is 5.88. The number of anilines is 1. The second-order valence-electron chi connectivity index (χ2n) is 7.08. The summed E-state index contributed by atoms with van der Waals surface area (Å²) < 4.78 is 7.06. The molecular weight excluding hydrogens is 370 g/mol. The molecule has 0 unspecified atom stereocenters. The number of hydrogen-bond acceptors (Lipinski definition) is 6. The summed E-state index contributed by atoms with van der Waals surface area (Å²) in [6.45, 7) is 7.52.